The zero-order valence-electron chi connectivity index (χ0n) is 3.91. The smallest absolute Gasteiger partial charge is 0.0791 e. The van der Waals surface area contributed by atoms with E-state index < -0.39 is 0 Å². The molecule has 2 nitrogen and oxygen atoms in total. The summed E-state index contributed by atoms with van der Waals surface area (Å²) in [4.78, 5) is 0. The van der Waals surface area contributed by atoms with Crippen LogP contribution in [0.3, 0.4) is 0 Å². The molecule has 0 spiro atoms. The molecular formula is C5H8O2. The Balaban J connectivity index is 3.09. The van der Waals surface area contributed by atoms with Crippen LogP contribution in [0.5, 0.6) is 0 Å². The molecule has 0 aliphatic rings. The van der Waals surface area contributed by atoms with E-state index in [0.717, 1.165) is 6.26 Å². The fraction of sp³-hybridized carbons (Fsp3) is 0.200. The number of hydrogen-bond donors (Lipinski definition) is 2. The maximum Gasteiger partial charge on any atom is 0.0791 e. The third kappa shape index (κ3) is 5.24. The second-order valence-electron chi connectivity index (χ2n) is 0.952. The topological polar surface area (TPSA) is 40.5 Å². The highest BCUT2D eigenvalue weighted by atomic mass is 16.3. The Kier molecular flexibility index (Phi) is 4.67. The second kappa shape index (κ2) is 5.24. The Morgan fingerprint density at radius 3 is 2.43 bits per heavy atom. The van der Waals surface area contributed by atoms with Gasteiger partial charge in [-0.1, -0.05) is 12.2 Å². The van der Waals surface area contributed by atoms with Crippen LogP contribution >= 0.6 is 0 Å². The molecule has 0 aliphatic carbocycles. The first-order chi connectivity index (χ1) is 3.41. The molecule has 40 valence electrons. The average molecular weight is 100 g/mol. The predicted octanol–water partition coefficient (Wildman–Crippen LogP) is 0.607. The van der Waals surface area contributed by atoms with Gasteiger partial charge in [-0.3, -0.25) is 0 Å². The van der Waals surface area contributed by atoms with Crippen LogP contribution in [0.15, 0.2) is 24.5 Å². The summed E-state index contributed by atoms with van der Waals surface area (Å²) >= 11 is 0. The van der Waals surface area contributed by atoms with E-state index in [2.05, 4.69) is 0 Å². The molecule has 0 aliphatic heterocycles. The summed E-state index contributed by atoms with van der Waals surface area (Å²) in [5.74, 6) is 0. The second-order valence-corrected chi connectivity index (χ2v) is 0.952. The molecule has 0 rings (SSSR count). The highest BCUT2D eigenvalue weighted by Crippen LogP contribution is 1.70. The molecule has 0 amide bonds. The van der Waals surface area contributed by atoms with E-state index in [9.17, 15) is 0 Å². The summed E-state index contributed by atoms with van der Waals surface area (Å²) in [5, 5.41) is 16.1. The van der Waals surface area contributed by atoms with Gasteiger partial charge in [-0.25, -0.2) is 0 Å². The Hall–Kier alpha value is -0.760. The molecule has 0 saturated carbocycles. The first kappa shape index (κ1) is 6.24. The lowest BCUT2D eigenvalue weighted by Crippen LogP contribution is -1.66. The van der Waals surface area contributed by atoms with Crippen molar-refractivity contribution in [1.82, 2.24) is 0 Å². The minimum Gasteiger partial charge on any atom is -0.516 e. The Bertz CT molecular complexity index is 74.1. The summed E-state index contributed by atoms with van der Waals surface area (Å²) in [5.41, 5.74) is 0. The van der Waals surface area contributed by atoms with Gasteiger partial charge in [0.2, 0.25) is 0 Å². The van der Waals surface area contributed by atoms with E-state index in [-0.39, 0.29) is 6.61 Å². The van der Waals surface area contributed by atoms with Crippen molar-refractivity contribution in [2.45, 2.75) is 0 Å². The Morgan fingerprint density at radius 2 is 2.00 bits per heavy atom. The van der Waals surface area contributed by atoms with Gasteiger partial charge in [0.15, 0.2) is 0 Å². The quantitative estimate of drug-likeness (QED) is 0.394. The molecule has 0 aromatic heterocycles. The zero-order chi connectivity index (χ0) is 5.54. The lowest BCUT2D eigenvalue weighted by molar-refractivity contribution is 0.342. The molecule has 0 fully saturated rings. The summed E-state index contributed by atoms with van der Waals surface area (Å²) in [6.07, 6.45) is 5.41. The molecular weight excluding hydrogens is 92.1 g/mol. The summed E-state index contributed by atoms with van der Waals surface area (Å²) in [6.45, 7) is 0.0182. The summed E-state index contributed by atoms with van der Waals surface area (Å²) in [7, 11) is 0. The van der Waals surface area contributed by atoms with E-state index in [1.165, 1.54) is 12.2 Å². The van der Waals surface area contributed by atoms with Gasteiger partial charge in [0.25, 0.3) is 0 Å². The van der Waals surface area contributed by atoms with Gasteiger partial charge >= 0.3 is 0 Å². The van der Waals surface area contributed by atoms with Crippen LogP contribution in [-0.2, 0) is 0 Å². The van der Waals surface area contributed by atoms with Crippen molar-refractivity contribution in [3.05, 3.63) is 24.5 Å². The summed E-state index contributed by atoms with van der Waals surface area (Å²) in [6, 6.07) is 0. The molecule has 2 heteroatoms. The maximum absolute atomic E-state index is 8.09. The van der Waals surface area contributed by atoms with E-state index in [1.54, 1.807) is 6.08 Å². The van der Waals surface area contributed by atoms with Crippen molar-refractivity contribution in [2.24, 2.45) is 0 Å². The monoisotopic (exact) mass is 100 g/mol. The molecule has 0 unspecified atom stereocenters. The fourth-order valence-corrected chi connectivity index (χ4v) is 0.189. The van der Waals surface area contributed by atoms with E-state index in [0.29, 0.717) is 0 Å². The highest BCUT2D eigenvalue weighted by molar-refractivity contribution is 4.98. The van der Waals surface area contributed by atoms with Crippen molar-refractivity contribution in [3.8, 4) is 0 Å². The Labute approximate surface area is 42.4 Å². The van der Waals surface area contributed by atoms with E-state index >= 15 is 0 Å². The highest BCUT2D eigenvalue weighted by Gasteiger charge is 1.59. The van der Waals surface area contributed by atoms with Crippen LogP contribution in [0.1, 0.15) is 0 Å². The van der Waals surface area contributed by atoms with E-state index in [4.69, 9.17) is 10.2 Å². The van der Waals surface area contributed by atoms with Crippen LogP contribution in [0, 0.1) is 0 Å². The molecule has 0 bridgehead atoms. The average Bonchev–Trinajstić information content (AvgIpc) is 1.69. The minimum atomic E-state index is 0.0182. The fourth-order valence-electron chi connectivity index (χ4n) is 0.189. The number of allylic oxidation sites excluding steroid dienone is 2. The largest absolute Gasteiger partial charge is 0.516 e. The van der Waals surface area contributed by atoms with E-state index in [1.807, 2.05) is 0 Å². The van der Waals surface area contributed by atoms with Crippen molar-refractivity contribution < 1.29 is 10.2 Å². The molecule has 0 radical (unpaired) electrons. The molecule has 0 aromatic rings. The number of hydrogen-bond acceptors (Lipinski definition) is 2. The van der Waals surface area contributed by atoms with Gasteiger partial charge in [0.05, 0.1) is 12.9 Å². The standard InChI is InChI=1S/C5H8O2/c6-4-2-1-3-5-7/h1-4,6-7H,5H2/b3-1+,4-2-. The number of rotatable bonds is 2. The molecule has 0 atom stereocenters. The van der Waals surface area contributed by atoms with Gasteiger partial charge in [-0.2, -0.15) is 0 Å². The number of aliphatic hydroxyl groups excluding tert-OH is 2. The maximum atomic E-state index is 8.09. The normalized spacial score (nSPS) is 11.6. The SMILES string of the molecule is O/C=C\C=C\CO. The van der Waals surface area contributed by atoms with Crippen LogP contribution in [0.4, 0.5) is 0 Å². The summed E-state index contributed by atoms with van der Waals surface area (Å²) < 4.78 is 0. The third-order valence-corrected chi connectivity index (χ3v) is 0.439. The first-order valence-electron chi connectivity index (χ1n) is 1.98. The van der Waals surface area contributed by atoms with Gasteiger partial charge in [-0.15, -0.1) is 0 Å². The van der Waals surface area contributed by atoms with Gasteiger partial charge in [0, 0.05) is 0 Å². The van der Waals surface area contributed by atoms with Crippen LogP contribution < -0.4 is 0 Å². The van der Waals surface area contributed by atoms with Crippen molar-refractivity contribution >= 4 is 0 Å². The van der Waals surface area contributed by atoms with Gasteiger partial charge < -0.3 is 10.2 Å². The lowest BCUT2D eigenvalue weighted by Gasteiger charge is -1.70. The predicted molar refractivity (Wildman–Crippen MR) is 28.0 cm³/mol. The lowest BCUT2D eigenvalue weighted by atomic mass is 10.5. The number of aliphatic hydroxyl groups is 2. The molecule has 0 saturated heterocycles. The van der Waals surface area contributed by atoms with Crippen molar-refractivity contribution in [2.75, 3.05) is 6.61 Å². The van der Waals surface area contributed by atoms with Crippen LogP contribution in [0.2, 0.25) is 0 Å². The Morgan fingerprint density at radius 1 is 1.29 bits per heavy atom. The van der Waals surface area contributed by atoms with Crippen LogP contribution in [0.25, 0.3) is 0 Å². The third-order valence-electron chi connectivity index (χ3n) is 0.439. The van der Waals surface area contributed by atoms with Gasteiger partial charge in [0.1, 0.15) is 0 Å². The molecule has 2 N–H and O–H groups in total. The minimum absolute atomic E-state index is 0.0182. The van der Waals surface area contributed by atoms with Crippen molar-refractivity contribution in [3.63, 3.8) is 0 Å². The van der Waals surface area contributed by atoms with Gasteiger partial charge in [-0.05, 0) is 6.08 Å². The molecule has 7 heavy (non-hydrogen) atoms. The first-order valence-corrected chi connectivity index (χ1v) is 1.98. The van der Waals surface area contributed by atoms with Crippen LogP contribution in [-0.4, -0.2) is 16.8 Å². The molecule has 0 aromatic carbocycles. The molecule has 0 heterocycles. The zero-order valence-corrected chi connectivity index (χ0v) is 3.91. The van der Waals surface area contributed by atoms with Crippen molar-refractivity contribution in [1.29, 1.82) is 0 Å².